The molecule has 1 amide bonds. The summed E-state index contributed by atoms with van der Waals surface area (Å²) >= 11 is 0.972. The van der Waals surface area contributed by atoms with Crippen molar-refractivity contribution >= 4 is 47.9 Å². The Morgan fingerprint density at radius 2 is 1.77 bits per heavy atom. The third kappa shape index (κ3) is 7.14. The van der Waals surface area contributed by atoms with Crippen molar-refractivity contribution in [2.75, 3.05) is 7.05 Å². The van der Waals surface area contributed by atoms with E-state index >= 15 is 0 Å². The van der Waals surface area contributed by atoms with Gasteiger partial charge in [-0.1, -0.05) is 37.7 Å². The minimum absolute atomic E-state index is 0.0520. The zero-order valence-electron chi connectivity index (χ0n) is 22.3. The molecule has 35 heavy (non-hydrogen) atoms. The zero-order chi connectivity index (χ0) is 26.8. The van der Waals surface area contributed by atoms with Crippen LogP contribution in [0.25, 0.3) is 0 Å². The Kier molecular flexibility index (Phi) is 9.75. The fraction of sp³-hybridized carbons (Fsp3) is 0.667. The highest BCUT2D eigenvalue weighted by molar-refractivity contribution is 8.15. The maximum Gasteiger partial charge on any atom is 0.494 e. The van der Waals surface area contributed by atoms with Crippen molar-refractivity contribution in [1.29, 1.82) is 0 Å². The number of halogens is 2. The largest absolute Gasteiger partial charge is 0.494 e. The summed E-state index contributed by atoms with van der Waals surface area (Å²) in [6.45, 7) is 17.0. The van der Waals surface area contributed by atoms with Crippen LogP contribution in [0, 0.1) is 5.82 Å². The van der Waals surface area contributed by atoms with Crippen molar-refractivity contribution in [3.63, 3.8) is 0 Å². The highest BCUT2D eigenvalue weighted by Crippen LogP contribution is 2.51. The molecule has 0 radical (unpaired) electrons. The molecular formula is C24H37BF2N2O4S2. The van der Waals surface area contributed by atoms with Gasteiger partial charge in [0.1, 0.15) is 11.4 Å². The van der Waals surface area contributed by atoms with Crippen LogP contribution in [-0.2, 0) is 14.0 Å². The molecule has 1 aliphatic carbocycles. The summed E-state index contributed by atoms with van der Waals surface area (Å²) < 4.78 is 46.5. The van der Waals surface area contributed by atoms with Gasteiger partial charge in [-0.15, -0.1) is 3.89 Å². The lowest BCUT2D eigenvalue weighted by atomic mass is 9.78. The third-order valence-corrected chi connectivity index (χ3v) is 7.90. The first-order chi connectivity index (χ1) is 16.2. The number of carbonyl (C=O) groups excluding carboxylic acids is 1. The van der Waals surface area contributed by atoms with Gasteiger partial charge in [-0.25, -0.2) is 9.18 Å². The van der Waals surface area contributed by atoms with E-state index in [1.165, 1.54) is 24.9 Å². The highest BCUT2D eigenvalue weighted by atomic mass is 32.2. The van der Waals surface area contributed by atoms with Crippen molar-refractivity contribution in [2.24, 2.45) is 4.99 Å². The number of amidine groups is 1. The van der Waals surface area contributed by atoms with E-state index in [2.05, 4.69) is 4.99 Å². The van der Waals surface area contributed by atoms with Gasteiger partial charge in [-0.2, -0.15) is 4.31 Å². The maximum atomic E-state index is 14.7. The third-order valence-electron chi connectivity index (χ3n) is 5.93. The number of carbonyl (C=O) groups is 1. The molecule has 1 saturated carbocycles. The maximum absolute atomic E-state index is 14.7. The number of thioether (sulfide) groups is 1. The van der Waals surface area contributed by atoms with Crippen molar-refractivity contribution in [1.82, 2.24) is 4.31 Å². The first-order valence-corrected chi connectivity index (χ1v) is 13.3. The quantitative estimate of drug-likeness (QED) is 0.192. The van der Waals surface area contributed by atoms with E-state index < -0.39 is 30.0 Å². The molecule has 1 heterocycles. The van der Waals surface area contributed by atoms with Crippen molar-refractivity contribution in [2.45, 2.75) is 96.7 Å². The average molecular weight is 531 g/mol. The Labute approximate surface area is 217 Å². The molecule has 3 rings (SSSR count). The Morgan fingerprint density at radius 3 is 2.26 bits per heavy atom. The van der Waals surface area contributed by atoms with Crippen LogP contribution in [-0.4, -0.2) is 51.8 Å². The predicted molar refractivity (Wildman–Crippen MR) is 142 cm³/mol. The molecule has 0 spiro atoms. The molecule has 1 aromatic rings. The molecule has 2 aliphatic rings. The Bertz CT molecular complexity index is 925. The van der Waals surface area contributed by atoms with E-state index in [1.807, 2.05) is 41.5 Å². The van der Waals surface area contributed by atoms with Gasteiger partial charge in [0.05, 0.1) is 11.2 Å². The minimum Gasteiger partial charge on any atom is -0.443 e. The number of rotatable bonds is 4. The van der Waals surface area contributed by atoms with Gasteiger partial charge in [0.2, 0.25) is 0 Å². The van der Waals surface area contributed by atoms with Crippen molar-refractivity contribution < 1.29 is 27.1 Å². The number of amides is 1. The lowest BCUT2D eigenvalue weighted by Crippen LogP contribution is -2.41. The Morgan fingerprint density at radius 1 is 1.20 bits per heavy atom. The minimum atomic E-state index is -0.839. The molecule has 0 bridgehead atoms. The smallest absolute Gasteiger partial charge is 0.443 e. The summed E-state index contributed by atoms with van der Waals surface area (Å²) in [6, 6.07) is 4.88. The number of aliphatic imine (C=N–C) groups is 1. The number of hydrogen-bond donors (Lipinski definition) is 0. The van der Waals surface area contributed by atoms with Gasteiger partial charge >= 0.3 is 13.2 Å². The monoisotopic (exact) mass is 530 g/mol. The summed E-state index contributed by atoms with van der Waals surface area (Å²) in [7, 11) is 0.893. The van der Waals surface area contributed by atoms with Crippen molar-refractivity contribution in [3.8, 4) is 0 Å². The van der Waals surface area contributed by atoms with Crippen LogP contribution in [0.15, 0.2) is 23.2 Å². The van der Waals surface area contributed by atoms with Crippen LogP contribution >= 0.6 is 24.1 Å². The molecule has 196 valence electrons. The standard InChI is InChI=1S/C22H31BF2N2O4S2.C2H6/c1-20(2,3)29-19(28)27(33-25)18(26-8)32-17-12-15(17)14-11-13(9-10-16(14)24)23-30-21(4,5)22(6,7)31-23;1-2/h9-11,15,17H,12H2,1-8H3;1-2H3. The van der Waals surface area contributed by atoms with Crippen LogP contribution in [0.1, 0.15) is 80.2 Å². The van der Waals surface area contributed by atoms with E-state index in [-0.39, 0.29) is 34.5 Å². The fourth-order valence-electron chi connectivity index (χ4n) is 3.37. The molecule has 1 aromatic carbocycles. The fourth-order valence-corrected chi connectivity index (χ4v) is 4.98. The molecule has 0 aromatic heterocycles. The van der Waals surface area contributed by atoms with Gasteiger partial charge in [-0.05, 0) is 72.0 Å². The number of nitrogens with zero attached hydrogens (tertiary/aromatic N) is 2. The van der Waals surface area contributed by atoms with E-state index in [0.717, 1.165) is 9.77 Å². The van der Waals surface area contributed by atoms with Gasteiger partial charge in [0, 0.05) is 18.2 Å². The predicted octanol–water partition coefficient (Wildman–Crippen LogP) is 6.50. The molecule has 6 nitrogen and oxygen atoms in total. The Hall–Kier alpha value is -1.30. The van der Waals surface area contributed by atoms with E-state index in [1.54, 1.807) is 32.9 Å². The van der Waals surface area contributed by atoms with E-state index in [4.69, 9.17) is 14.0 Å². The summed E-state index contributed by atoms with van der Waals surface area (Å²) in [5.74, 6) is -0.415. The number of hydrogen-bond acceptors (Lipinski definition) is 7. The summed E-state index contributed by atoms with van der Waals surface area (Å²) in [5, 5.41) is 0.121. The summed E-state index contributed by atoms with van der Waals surface area (Å²) in [6.07, 6.45) is -0.166. The van der Waals surface area contributed by atoms with Gasteiger partial charge in [-0.3, -0.25) is 4.99 Å². The number of ether oxygens (including phenoxy) is 1. The van der Waals surface area contributed by atoms with Crippen LogP contribution in [0.4, 0.5) is 13.1 Å². The molecular weight excluding hydrogens is 493 g/mol. The first-order valence-electron chi connectivity index (χ1n) is 11.8. The molecule has 2 unspecified atom stereocenters. The van der Waals surface area contributed by atoms with E-state index in [9.17, 15) is 13.1 Å². The second-order valence-electron chi connectivity index (χ2n) is 10.2. The lowest BCUT2D eigenvalue weighted by Gasteiger charge is -2.32. The second kappa shape index (κ2) is 11.4. The highest BCUT2D eigenvalue weighted by Gasteiger charge is 2.52. The normalized spacial score (nSPS) is 22.9. The topological polar surface area (TPSA) is 60.4 Å². The van der Waals surface area contributed by atoms with Gasteiger partial charge < -0.3 is 14.0 Å². The molecule has 2 atom stereocenters. The molecule has 11 heteroatoms. The lowest BCUT2D eigenvalue weighted by molar-refractivity contribution is 0.00578. The van der Waals surface area contributed by atoms with Crippen LogP contribution in [0.5, 0.6) is 0 Å². The van der Waals surface area contributed by atoms with Gasteiger partial charge in [0.25, 0.3) is 0 Å². The number of benzene rings is 1. The van der Waals surface area contributed by atoms with Crippen LogP contribution in [0.2, 0.25) is 0 Å². The Balaban J connectivity index is 0.00000210. The summed E-state index contributed by atoms with van der Waals surface area (Å²) in [4.78, 5) is 16.4. The molecule has 0 N–H and O–H groups in total. The van der Waals surface area contributed by atoms with Crippen LogP contribution < -0.4 is 5.46 Å². The molecule has 1 aliphatic heterocycles. The zero-order valence-corrected chi connectivity index (χ0v) is 23.9. The average Bonchev–Trinajstić information content (AvgIpc) is 3.47. The van der Waals surface area contributed by atoms with Crippen LogP contribution in [0.3, 0.4) is 0 Å². The summed E-state index contributed by atoms with van der Waals surface area (Å²) in [5.41, 5.74) is -0.461. The van der Waals surface area contributed by atoms with E-state index in [0.29, 0.717) is 12.0 Å². The molecule has 1 saturated heterocycles. The second-order valence-corrected chi connectivity index (χ2v) is 11.9. The SMILES string of the molecule is CC.CN=C(SC1CC1c1cc(B2OC(C)(C)C(C)(C)O2)ccc1F)N(SF)C(=O)OC(C)(C)C. The van der Waals surface area contributed by atoms with Gasteiger partial charge in [0.15, 0.2) is 17.5 Å². The first kappa shape index (κ1) is 29.9. The molecule has 2 fully saturated rings. The van der Waals surface area contributed by atoms with Crippen molar-refractivity contribution in [3.05, 3.63) is 29.6 Å².